The van der Waals surface area contributed by atoms with Gasteiger partial charge in [0.15, 0.2) is 5.69 Å². The van der Waals surface area contributed by atoms with E-state index in [-0.39, 0.29) is 23.4 Å². The molecule has 0 radical (unpaired) electrons. The first kappa shape index (κ1) is 10.9. The molecule has 5 nitrogen and oxygen atoms in total. The van der Waals surface area contributed by atoms with Crippen LogP contribution in [0.1, 0.15) is 17.4 Å². The van der Waals surface area contributed by atoms with Crippen LogP contribution in [0.15, 0.2) is 18.3 Å². The third-order valence-corrected chi connectivity index (χ3v) is 2.75. The van der Waals surface area contributed by atoms with E-state index in [1.54, 1.807) is 11.0 Å². The van der Waals surface area contributed by atoms with Gasteiger partial charge in [-0.3, -0.25) is 4.79 Å². The van der Waals surface area contributed by atoms with Crippen LogP contribution in [0.3, 0.4) is 0 Å². The molecule has 0 spiro atoms. The van der Waals surface area contributed by atoms with E-state index < -0.39 is 0 Å². The minimum atomic E-state index is -0.202. The molecule has 0 saturated carbocycles. The fraction of sp³-hybridized carbons (Fsp3) is 0.455. The zero-order valence-corrected chi connectivity index (χ0v) is 9.18. The molecule has 0 aromatic carbocycles. The minimum Gasteiger partial charge on any atom is -0.505 e. The zero-order valence-electron chi connectivity index (χ0n) is 9.18. The lowest BCUT2D eigenvalue weighted by Gasteiger charge is -2.33. The molecule has 1 aromatic heterocycles. The van der Waals surface area contributed by atoms with Crippen molar-refractivity contribution >= 4 is 5.91 Å². The summed E-state index contributed by atoms with van der Waals surface area (Å²) < 4.78 is 0. The van der Waals surface area contributed by atoms with E-state index in [4.69, 9.17) is 0 Å². The van der Waals surface area contributed by atoms with Gasteiger partial charge < -0.3 is 15.3 Å². The molecular formula is C11H15N3O2. The van der Waals surface area contributed by atoms with Gasteiger partial charge in [0.2, 0.25) is 0 Å². The molecule has 86 valence electrons. The van der Waals surface area contributed by atoms with Crippen LogP contribution in [0.2, 0.25) is 0 Å². The molecule has 1 aliphatic heterocycles. The van der Waals surface area contributed by atoms with Gasteiger partial charge in [-0.1, -0.05) is 0 Å². The Morgan fingerprint density at radius 1 is 1.69 bits per heavy atom. The summed E-state index contributed by atoms with van der Waals surface area (Å²) in [6.45, 7) is 4.18. The zero-order chi connectivity index (χ0) is 11.5. The third kappa shape index (κ3) is 1.99. The molecule has 1 aromatic rings. The van der Waals surface area contributed by atoms with Crippen LogP contribution >= 0.6 is 0 Å². The average molecular weight is 221 g/mol. The molecular weight excluding hydrogens is 206 g/mol. The first-order valence-electron chi connectivity index (χ1n) is 5.36. The molecule has 1 aliphatic rings. The lowest BCUT2D eigenvalue weighted by atomic mass is 10.2. The molecule has 2 heterocycles. The van der Waals surface area contributed by atoms with Crippen molar-refractivity contribution in [1.29, 1.82) is 0 Å². The average Bonchev–Trinajstić information content (AvgIpc) is 2.29. The van der Waals surface area contributed by atoms with E-state index in [1.165, 1.54) is 12.3 Å². The molecule has 2 rings (SSSR count). The van der Waals surface area contributed by atoms with Crippen molar-refractivity contribution in [3.8, 4) is 5.75 Å². The summed E-state index contributed by atoms with van der Waals surface area (Å²) >= 11 is 0. The topological polar surface area (TPSA) is 65.5 Å². The van der Waals surface area contributed by atoms with Crippen LogP contribution in [0.25, 0.3) is 0 Å². The number of carbonyl (C=O) groups is 1. The largest absolute Gasteiger partial charge is 0.505 e. The number of nitrogens with one attached hydrogen (secondary N) is 1. The first-order chi connectivity index (χ1) is 7.70. The number of piperazine rings is 1. The maximum absolute atomic E-state index is 12.1. The summed E-state index contributed by atoms with van der Waals surface area (Å²) in [7, 11) is 0. The Hall–Kier alpha value is -1.62. The molecule has 5 heteroatoms. The fourth-order valence-corrected chi connectivity index (χ4v) is 1.84. The van der Waals surface area contributed by atoms with Crippen molar-refractivity contribution in [1.82, 2.24) is 15.2 Å². The number of aromatic nitrogens is 1. The molecule has 1 unspecified atom stereocenters. The second kappa shape index (κ2) is 4.49. The molecule has 1 amide bonds. The third-order valence-electron chi connectivity index (χ3n) is 2.75. The highest BCUT2D eigenvalue weighted by Crippen LogP contribution is 2.16. The van der Waals surface area contributed by atoms with Gasteiger partial charge in [-0.25, -0.2) is 4.98 Å². The van der Waals surface area contributed by atoms with Gasteiger partial charge in [0.25, 0.3) is 5.91 Å². The lowest BCUT2D eigenvalue weighted by molar-refractivity contribution is 0.0646. The predicted octanol–water partition coefficient (Wildman–Crippen LogP) is 0.221. The summed E-state index contributed by atoms with van der Waals surface area (Å²) in [5, 5.41) is 12.8. The van der Waals surface area contributed by atoms with Crippen LogP contribution in [0, 0.1) is 0 Å². The van der Waals surface area contributed by atoms with E-state index in [0.29, 0.717) is 6.54 Å². The van der Waals surface area contributed by atoms with Crippen LogP contribution in [-0.2, 0) is 0 Å². The van der Waals surface area contributed by atoms with Crippen molar-refractivity contribution in [2.24, 2.45) is 0 Å². The number of hydrogen-bond donors (Lipinski definition) is 2. The molecule has 1 fully saturated rings. The maximum atomic E-state index is 12.1. The van der Waals surface area contributed by atoms with Gasteiger partial charge in [-0.15, -0.1) is 0 Å². The highest BCUT2D eigenvalue weighted by molar-refractivity contribution is 5.95. The highest BCUT2D eigenvalue weighted by atomic mass is 16.3. The summed E-state index contributed by atoms with van der Waals surface area (Å²) in [5.41, 5.74) is 0.135. The number of rotatable bonds is 1. The Bertz CT molecular complexity index is 395. The predicted molar refractivity (Wildman–Crippen MR) is 59.3 cm³/mol. The molecule has 2 N–H and O–H groups in total. The number of amides is 1. The molecule has 16 heavy (non-hydrogen) atoms. The second-order valence-electron chi connectivity index (χ2n) is 3.92. The van der Waals surface area contributed by atoms with E-state index >= 15 is 0 Å². The van der Waals surface area contributed by atoms with Gasteiger partial charge in [-0.05, 0) is 19.1 Å². The van der Waals surface area contributed by atoms with Gasteiger partial charge in [0.1, 0.15) is 5.75 Å². The first-order valence-corrected chi connectivity index (χ1v) is 5.36. The van der Waals surface area contributed by atoms with Crippen LogP contribution in [0.5, 0.6) is 5.75 Å². The van der Waals surface area contributed by atoms with Gasteiger partial charge >= 0.3 is 0 Å². The van der Waals surface area contributed by atoms with E-state index in [9.17, 15) is 9.90 Å². The van der Waals surface area contributed by atoms with E-state index in [2.05, 4.69) is 10.3 Å². The Kier molecular flexibility index (Phi) is 3.05. The van der Waals surface area contributed by atoms with Crippen molar-refractivity contribution in [3.05, 3.63) is 24.0 Å². The number of nitrogens with zero attached hydrogens (tertiary/aromatic N) is 2. The number of carbonyl (C=O) groups excluding carboxylic acids is 1. The van der Waals surface area contributed by atoms with E-state index in [1.807, 2.05) is 6.92 Å². The van der Waals surface area contributed by atoms with Crippen molar-refractivity contribution in [2.75, 3.05) is 19.6 Å². The smallest absolute Gasteiger partial charge is 0.276 e. The Morgan fingerprint density at radius 2 is 2.50 bits per heavy atom. The van der Waals surface area contributed by atoms with Gasteiger partial charge in [0.05, 0.1) is 0 Å². The molecule has 0 bridgehead atoms. The number of pyridine rings is 1. The standard InChI is InChI=1S/C11H15N3O2/c1-8-7-12-5-6-14(8)11(16)10-9(15)3-2-4-13-10/h2-4,8,12,15H,5-7H2,1H3. The second-order valence-corrected chi connectivity index (χ2v) is 3.92. The van der Waals surface area contributed by atoms with Crippen molar-refractivity contribution < 1.29 is 9.90 Å². The lowest BCUT2D eigenvalue weighted by Crippen LogP contribution is -2.52. The highest BCUT2D eigenvalue weighted by Gasteiger charge is 2.26. The Balaban J connectivity index is 2.21. The number of hydrogen-bond acceptors (Lipinski definition) is 4. The monoisotopic (exact) mass is 221 g/mol. The van der Waals surface area contributed by atoms with Crippen LogP contribution in [-0.4, -0.2) is 46.6 Å². The fourth-order valence-electron chi connectivity index (χ4n) is 1.84. The van der Waals surface area contributed by atoms with Crippen LogP contribution < -0.4 is 5.32 Å². The summed E-state index contributed by atoms with van der Waals surface area (Å²) in [5.74, 6) is -0.259. The minimum absolute atomic E-state index is 0.0572. The van der Waals surface area contributed by atoms with Crippen molar-refractivity contribution in [2.45, 2.75) is 13.0 Å². The SMILES string of the molecule is CC1CNCCN1C(=O)c1ncccc1O. The van der Waals surface area contributed by atoms with E-state index in [0.717, 1.165) is 13.1 Å². The molecule has 1 atom stereocenters. The maximum Gasteiger partial charge on any atom is 0.276 e. The van der Waals surface area contributed by atoms with Gasteiger partial charge in [-0.2, -0.15) is 0 Å². The summed E-state index contributed by atoms with van der Waals surface area (Å²) in [6, 6.07) is 3.21. The Labute approximate surface area is 94.1 Å². The molecule has 0 aliphatic carbocycles. The normalized spacial score (nSPS) is 20.8. The molecule has 1 saturated heterocycles. The Morgan fingerprint density at radius 3 is 3.19 bits per heavy atom. The number of aromatic hydroxyl groups is 1. The van der Waals surface area contributed by atoms with Crippen molar-refractivity contribution in [3.63, 3.8) is 0 Å². The summed E-state index contributed by atoms with van der Waals surface area (Å²) in [6.07, 6.45) is 1.51. The van der Waals surface area contributed by atoms with Gasteiger partial charge in [0, 0.05) is 31.9 Å². The quantitative estimate of drug-likeness (QED) is 0.712. The summed E-state index contributed by atoms with van der Waals surface area (Å²) in [4.78, 5) is 17.8. The van der Waals surface area contributed by atoms with Crippen LogP contribution in [0.4, 0.5) is 0 Å².